The van der Waals surface area contributed by atoms with Crippen LogP contribution in [0.3, 0.4) is 0 Å². The molecule has 1 unspecified atom stereocenters. The van der Waals surface area contributed by atoms with E-state index < -0.39 is 0 Å². The molecule has 4 heteroatoms. The van der Waals surface area contributed by atoms with Crippen molar-refractivity contribution in [2.75, 3.05) is 18.5 Å². The SMILES string of the molecule is CCn1cc(NCC(C)(CC)CO)cn1. The number of anilines is 1. The standard InChI is InChI=1S/C11H21N3O/c1-4-11(3,9-15)8-12-10-6-13-14(5-2)7-10/h6-7,12,15H,4-5,8-9H2,1-3H3. The van der Waals surface area contributed by atoms with E-state index in [4.69, 9.17) is 0 Å². The van der Waals surface area contributed by atoms with Gasteiger partial charge in [0.05, 0.1) is 18.5 Å². The van der Waals surface area contributed by atoms with Crippen LogP contribution in [-0.2, 0) is 6.54 Å². The first-order chi connectivity index (χ1) is 7.13. The van der Waals surface area contributed by atoms with Crippen molar-refractivity contribution in [3.05, 3.63) is 12.4 Å². The van der Waals surface area contributed by atoms with E-state index in [1.54, 1.807) is 0 Å². The third-order valence-corrected chi connectivity index (χ3v) is 2.91. The summed E-state index contributed by atoms with van der Waals surface area (Å²) in [4.78, 5) is 0. The molecule has 0 aliphatic heterocycles. The summed E-state index contributed by atoms with van der Waals surface area (Å²) < 4.78 is 1.88. The van der Waals surface area contributed by atoms with E-state index in [1.165, 1.54) is 0 Å². The molecule has 1 atom stereocenters. The Morgan fingerprint density at radius 2 is 2.27 bits per heavy atom. The number of nitrogens with one attached hydrogen (secondary N) is 1. The van der Waals surface area contributed by atoms with E-state index in [-0.39, 0.29) is 12.0 Å². The first kappa shape index (κ1) is 12.0. The third-order valence-electron chi connectivity index (χ3n) is 2.91. The molecule has 1 rings (SSSR count). The summed E-state index contributed by atoms with van der Waals surface area (Å²) in [5, 5.41) is 16.7. The van der Waals surface area contributed by atoms with Crippen molar-refractivity contribution in [2.45, 2.75) is 33.7 Å². The molecule has 1 aromatic heterocycles. The Kier molecular flexibility index (Phi) is 4.15. The molecule has 4 nitrogen and oxygen atoms in total. The van der Waals surface area contributed by atoms with Gasteiger partial charge in [-0.25, -0.2) is 0 Å². The van der Waals surface area contributed by atoms with Crippen molar-refractivity contribution in [1.82, 2.24) is 9.78 Å². The van der Waals surface area contributed by atoms with Crippen LogP contribution in [0, 0.1) is 5.41 Å². The van der Waals surface area contributed by atoms with Crippen LogP contribution in [0.15, 0.2) is 12.4 Å². The number of nitrogens with zero attached hydrogens (tertiary/aromatic N) is 2. The maximum absolute atomic E-state index is 9.25. The Morgan fingerprint density at radius 1 is 1.53 bits per heavy atom. The Morgan fingerprint density at radius 3 is 2.73 bits per heavy atom. The van der Waals surface area contributed by atoms with Crippen LogP contribution >= 0.6 is 0 Å². The summed E-state index contributed by atoms with van der Waals surface area (Å²) in [6.07, 6.45) is 4.75. The lowest BCUT2D eigenvalue weighted by molar-refractivity contribution is 0.149. The molecule has 2 N–H and O–H groups in total. The number of aromatic nitrogens is 2. The highest BCUT2D eigenvalue weighted by molar-refractivity contribution is 5.38. The first-order valence-corrected chi connectivity index (χ1v) is 5.50. The monoisotopic (exact) mass is 211 g/mol. The minimum absolute atomic E-state index is 0.0473. The van der Waals surface area contributed by atoms with Gasteiger partial charge in [0.1, 0.15) is 0 Å². The van der Waals surface area contributed by atoms with Gasteiger partial charge in [-0.1, -0.05) is 13.8 Å². The second-order valence-corrected chi connectivity index (χ2v) is 4.26. The van der Waals surface area contributed by atoms with Gasteiger partial charge in [0, 0.05) is 24.7 Å². The van der Waals surface area contributed by atoms with Crippen LogP contribution in [0.5, 0.6) is 0 Å². The second kappa shape index (κ2) is 5.16. The maximum Gasteiger partial charge on any atom is 0.0726 e. The quantitative estimate of drug-likeness (QED) is 0.753. The molecule has 0 aliphatic carbocycles. The van der Waals surface area contributed by atoms with Crippen LogP contribution in [0.4, 0.5) is 5.69 Å². The minimum Gasteiger partial charge on any atom is -0.396 e. The molecule has 1 aromatic rings. The molecule has 15 heavy (non-hydrogen) atoms. The van der Waals surface area contributed by atoms with Crippen LogP contribution in [0.2, 0.25) is 0 Å². The Hall–Kier alpha value is -1.03. The van der Waals surface area contributed by atoms with Gasteiger partial charge in [0.25, 0.3) is 0 Å². The predicted molar refractivity (Wildman–Crippen MR) is 61.9 cm³/mol. The maximum atomic E-state index is 9.25. The molecule has 0 amide bonds. The van der Waals surface area contributed by atoms with E-state index in [0.29, 0.717) is 0 Å². The van der Waals surface area contributed by atoms with Gasteiger partial charge >= 0.3 is 0 Å². The molecule has 0 radical (unpaired) electrons. The van der Waals surface area contributed by atoms with Crippen molar-refractivity contribution < 1.29 is 5.11 Å². The van der Waals surface area contributed by atoms with Crippen molar-refractivity contribution in [3.8, 4) is 0 Å². The zero-order chi connectivity index (χ0) is 11.3. The normalized spacial score (nSPS) is 14.9. The molecule has 0 bridgehead atoms. The minimum atomic E-state index is -0.0473. The Balaban J connectivity index is 2.49. The summed E-state index contributed by atoms with van der Waals surface area (Å²) in [6, 6.07) is 0. The van der Waals surface area contributed by atoms with Crippen LogP contribution in [-0.4, -0.2) is 28.0 Å². The highest BCUT2D eigenvalue weighted by Crippen LogP contribution is 2.20. The Labute approximate surface area is 91.3 Å². The lowest BCUT2D eigenvalue weighted by Gasteiger charge is -2.25. The van der Waals surface area contributed by atoms with Gasteiger partial charge < -0.3 is 10.4 Å². The number of aliphatic hydroxyl groups excluding tert-OH is 1. The van der Waals surface area contributed by atoms with E-state index in [1.807, 2.05) is 17.1 Å². The van der Waals surface area contributed by atoms with E-state index in [9.17, 15) is 5.11 Å². The van der Waals surface area contributed by atoms with Gasteiger partial charge in [-0.3, -0.25) is 4.68 Å². The van der Waals surface area contributed by atoms with Crippen molar-refractivity contribution in [2.24, 2.45) is 5.41 Å². The summed E-state index contributed by atoms with van der Waals surface area (Å²) in [6.45, 7) is 8.08. The fraction of sp³-hybridized carbons (Fsp3) is 0.727. The van der Waals surface area contributed by atoms with Crippen LogP contribution in [0.1, 0.15) is 27.2 Å². The number of hydrogen-bond donors (Lipinski definition) is 2. The van der Waals surface area contributed by atoms with Gasteiger partial charge in [-0.15, -0.1) is 0 Å². The fourth-order valence-corrected chi connectivity index (χ4v) is 1.24. The average Bonchev–Trinajstić information content (AvgIpc) is 2.74. The summed E-state index contributed by atoms with van der Waals surface area (Å²) in [5.74, 6) is 0. The zero-order valence-electron chi connectivity index (χ0n) is 9.82. The number of aryl methyl sites for hydroxylation is 1. The predicted octanol–water partition coefficient (Wildman–Crippen LogP) is 1.72. The largest absolute Gasteiger partial charge is 0.396 e. The summed E-state index contributed by atoms with van der Waals surface area (Å²) in [5.41, 5.74) is 0.971. The smallest absolute Gasteiger partial charge is 0.0726 e. The molecule has 0 aromatic carbocycles. The van der Waals surface area contributed by atoms with Gasteiger partial charge in [0.2, 0.25) is 0 Å². The van der Waals surface area contributed by atoms with Crippen molar-refractivity contribution in [1.29, 1.82) is 0 Å². The lowest BCUT2D eigenvalue weighted by Crippen LogP contribution is -2.29. The molecule has 86 valence electrons. The van der Waals surface area contributed by atoms with Gasteiger partial charge in [-0.2, -0.15) is 5.10 Å². The topological polar surface area (TPSA) is 50.1 Å². The molecular weight excluding hydrogens is 190 g/mol. The molecule has 0 fully saturated rings. The third kappa shape index (κ3) is 3.23. The summed E-state index contributed by atoms with van der Waals surface area (Å²) in [7, 11) is 0. The van der Waals surface area contributed by atoms with E-state index >= 15 is 0 Å². The van der Waals surface area contributed by atoms with Crippen LogP contribution in [0.25, 0.3) is 0 Å². The lowest BCUT2D eigenvalue weighted by atomic mass is 9.89. The van der Waals surface area contributed by atoms with E-state index in [0.717, 1.165) is 25.2 Å². The molecule has 0 spiro atoms. The molecule has 1 heterocycles. The zero-order valence-corrected chi connectivity index (χ0v) is 9.82. The van der Waals surface area contributed by atoms with Gasteiger partial charge in [-0.05, 0) is 13.3 Å². The number of aliphatic hydroxyl groups is 1. The molecule has 0 saturated heterocycles. The highest BCUT2D eigenvalue weighted by atomic mass is 16.3. The van der Waals surface area contributed by atoms with E-state index in [2.05, 4.69) is 31.2 Å². The fourth-order valence-electron chi connectivity index (χ4n) is 1.24. The molecular formula is C11H21N3O. The van der Waals surface area contributed by atoms with Crippen molar-refractivity contribution in [3.63, 3.8) is 0 Å². The van der Waals surface area contributed by atoms with Crippen molar-refractivity contribution >= 4 is 5.69 Å². The first-order valence-electron chi connectivity index (χ1n) is 5.50. The molecule has 0 saturated carbocycles. The molecule has 0 aliphatic rings. The number of rotatable bonds is 6. The van der Waals surface area contributed by atoms with Gasteiger partial charge in [0.15, 0.2) is 0 Å². The number of hydrogen-bond acceptors (Lipinski definition) is 3. The van der Waals surface area contributed by atoms with Crippen LogP contribution < -0.4 is 5.32 Å². The highest BCUT2D eigenvalue weighted by Gasteiger charge is 2.20. The summed E-state index contributed by atoms with van der Waals surface area (Å²) >= 11 is 0. The second-order valence-electron chi connectivity index (χ2n) is 4.26. The average molecular weight is 211 g/mol. The Bertz CT molecular complexity index is 292.